The molecule has 7 heteroatoms. The molecule has 0 unspecified atom stereocenters. The standard InChI is InChI=1S/C17H25N5O2/c23-17(11-14-1-2-14)22-5-3-21(4-6-22)16-12-15(13-18-19-16)20-7-9-24-10-8-20/h12-14H,1-11H2. The van der Waals surface area contributed by atoms with Crippen LogP contribution >= 0.6 is 0 Å². The quantitative estimate of drug-likeness (QED) is 0.812. The molecule has 1 saturated carbocycles. The number of piperazine rings is 1. The number of anilines is 2. The molecule has 130 valence electrons. The summed E-state index contributed by atoms with van der Waals surface area (Å²) in [6, 6.07) is 2.11. The third kappa shape index (κ3) is 3.61. The van der Waals surface area contributed by atoms with E-state index in [0.29, 0.717) is 11.8 Å². The number of carbonyl (C=O) groups excluding carboxylic acids is 1. The summed E-state index contributed by atoms with van der Waals surface area (Å²) < 4.78 is 5.41. The molecule has 24 heavy (non-hydrogen) atoms. The zero-order valence-corrected chi connectivity index (χ0v) is 14.1. The van der Waals surface area contributed by atoms with Gasteiger partial charge < -0.3 is 19.4 Å². The van der Waals surface area contributed by atoms with Crippen molar-refractivity contribution in [2.75, 3.05) is 62.3 Å². The molecule has 0 bridgehead atoms. The second-order valence-electron chi connectivity index (χ2n) is 6.89. The van der Waals surface area contributed by atoms with Crippen molar-refractivity contribution in [3.8, 4) is 0 Å². The van der Waals surface area contributed by atoms with E-state index in [1.807, 2.05) is 11.1 Å². The van der Waals surface area contributed by atoms with E-state index in [1.165, 1.54) is 12.8 Å². The predicted molar refractivity (Wildman–Crippen MR) is 91.2 cm³/mol. The van der Waals surface area contributed by atoms with E-state index in [4.69, 9.17) is 4.74 Å². The molecule has 3 fully saturated rings. The molecule has 1 aliphatic carbocycles. The SMILES string of the molecule is O=C(CC1CC1)N1CCN(c2cc(N3CCOCC3)cnn2)CC1. The van der Waals surface area contributed by atoms with E-state index < -0.39 is 0 Å². The molecule has 0 atom stereocenters. The Morgan fingerprint density at radius 3 is 2.54 bits per heavy atom. The van der Waals surface area contributed by atoms with Crippen molar-refractivity contribution in [1.82, 2.24) is 15.1 Å². The molecule has 3 aliphatic rings. The fourth-order valence-electron chi connectivity index (χ4n) is 3.38. The fourth-order valence-corrected chi connectivity index (χ4v) is 3.38. The van der Waals surface area contributed by atoms with Crippen LogP contribution in [0.25, 0.3) is 0 Å². The average Bonchev–Trinajstić information content (AvgIpc) is 3.47. The number of amides is 1. The highest BCUT2D eigenvalue weighted by Crippen LogP contribution is 2.33. The molecular formula is C17H25N5O2. The molecule has 1 aromatic heterocycles. The molecule has 2 aliphatic heterocycles. The first-order chi connectivity index (χ1) is 11.8. The van der Waals surface area contributed by atoms with Gasteiger partial charge in [0.2, 0.25) is 5.91 Å². The third-order valence-electron chi connectivity index (χ3n) is 5.12. The van der Waals surface area contributed by atoms with Crippen molar-refractivity contribution in [2.24, 2.45) is 5.92 Å². The van der Waals surface area contributed by atoms with E-state index in [2.05, 4.69) is 26.1 Å². The van der Waals surface area contributed by atoms with Crippen LogP contribution in [0.1, 0.15) is 19.3 Å². The van der Waals surface area contributed by atoms with Gasteiger partial charge in [0.1, 0.15) is 0 Å². The van der Waals surface area contributed by atoms with Gasteiger partial charge in [-0.1, -0.05) is 0 Å². The first-order valence-electron chi connectivity index (χ1n) is 8.98. The Morgan fingerprint density at radius 1 is 1.08 bits per heavy atom. The summed E-state index contributed by atoms with van der Waals surface area (Å²) in [5, 5.41) is 8.48. The number of aromatic nitrogens is 2. The van der Waals surface area contributed by atoms with E-state index in [9.17, 15) is 4.79 Å². The van der Waals surface area contributed by atoms with E-state index in [0.717, 1.165) is 70.4 Å². The average molecular weight is 331 g/mol. The lowest BCUT2D eigenvalue weighted by molar-refractivity contribution is -0.131. The molecule has 1 aromatic rings. The van der Waals surface area contributed by atoms with Crippen LogP contribution < -0.4 is 9.80 Å². The summed E-state index contributed by atoms with van der Waals surface area (Å²) in [7, 11) is 0. The second-order valence-corrected chi connectivity index (χ2v) is 6.89. The smallest absolute Gasteiger partial charge is 0.222 e. The lowest BCUT2D eigenvalue weighted by Crippen LogP contribution is -2.49. The minimum Gasteiger partial charge on any atom is -0.378 e. The third-order valence-corrected chi connectivity index (χ3v) is 5.12. The van der Waals surface area contributed by atoms with Crippen LogP contribution in [0.5, 0.6) is 0 Å². The van der Waals surface area contributed by atoms with Crippen LogP contribution in [0, 0.1) is 5.92 Å². The van der Waals surface area contributed by atoms with Crippen LogP contribution in [0.3, 0.4) is 0 Å². The summed E-state index contributed by atoms with van der Waals surface area (Å²) in [6.45, 7) is 6.56. The van der Waals surface area contributed by atoms with Gasteiger partial charge in [-0.25, -0.2) is 0 Å². The topological polar surface area (TPSA) is 61.8 Å². The number of hydrogen-bond donors (Lipinski definition) is 0. The van der Waals surface area contributed by atoms with Crippen LogP contribution in [0.2, 0.25) is 0 Å². The van der Waals surface area contributed by atoms with Gasteiger partial charge >= 0.3 is 0 Å². The number of carbonyl (C=O) groups is 1. The minimum absolute atomic E-state index is 0.324. The first-order valence-corrected chi connectivity index (χ1v) is 8.98. The highest BCUT2D eigenvalue weighted by atomic mass is 16.5. The Balaban J connectivity index is 1.35. The fraction of sp³-hybridized carbons (Fsp3) is 0.706. The zero-order chi connectivity index (χ0) is 16.4. The Bertz CT molecular complexity index is 578. The van der Waals surface area contributed by atoms with Gasteiger partial charge in [-0.15, -0.1) is 5.10 Å². The maximum absolute atomic E-state index is 12.2. The van der Waals surface area contributed by atoms with Crippen LogP contribution in [0.4, 0.5) is 11.5 Å². The van der Waals surface area contributed by atoms with Gasteiger partial charge in [-0.3, -0.25) is 4.79 Å². The highest BCUT2D eigenvalue weighted by Gasteiger charge is 2.29. The molecule has 2 saturated heterocycles. The predicted octanol–water partition coefficient (Wildman–Crippen LogP) is 0.762. The zero-order valence-electron chi connectivity index (χ0n) is 14.1. The molecule has 3 heterocycles. The number of ether oxygens (including phenoxy) is 1. The van der Waals surface area contributed by atoms with Gasteiger partial charge in [0.05, 0.1) is 25.1 Å². The number of hydrogen-bond acceptors (Lipinski definition) is 6. The Labute approximate surface area is 142 Å². The molecule has 4 rings (SSSR count). The lowest BCUT2D eigenvalue weighted by Gasteiger charge is -2.36. The molecule has 7 nitrogen and oxygen atoms in total. The molecular weight excluding hydrogens is 306 g/mol. The normalized spacial score (nSPS) is 21.9. The summed E-state index contributed by atoms with van der Waals surface area (Å²) in [5.74, 6) is 1.89. The Hall–Kier alpha value is -1.89. The van der Waals surface area contributed by atoms with Crippen molar-refractivity contribution in [2.45, 2.75) is 19.3 Å². The van der Waals surface area contributed by atoms with Crippen LogP contribution in [-0.4, -0.2) is 73.5 Å². The summed E-state index contributed by atoms with van der Waals surface area (Å²) in [5.41, 5.74) is 1.11. The van der Waals surface area contributed by atoms with Crippen molar-refractivity contribution < 1.29 is 9.53 Å². The second kappa shape index (κ2) is 6.93. The van der Waals surface area contributed by atoms with Crippen LogP contribution in [0.15, 0.2) is 12.3 Å². The molecule has 0 aromatic carbocycles. The summed E-state index contributed by atoms with van der Waals surface area (Å²) in [6.07, 6.45) is 5.03. The van der Waals surface area contributed by atoms with Gasteiger partial charge in [-0.2, -0.15) is 5.10 Å². The largest absolute Gasteiger partial charge is 0.378 e. The van der Waals surface area contributed by atoms with E-state index in [-0.39, 0.29) is 0 Å². The summed E-state index contributed by atoms with van der Waals surface area (Å²) in [4.78, 5) is 18.7. The van der Waals surface area contributed by atoms with E-state index in [1.54, 1.807) is 0 Å². The van der Waals surface area contributed by atoms with E-state index >= 15 is 0 Å². The minimum atomic E-state index is 0.324. The maximum atomic E-state index is 12.2. The monoisotopic (exact) mass is 331 g/mol. The van der Waals surface area contributed by atoms with Crippen molar-refractivity contribution >= 4 is 17.4 Å². The van der Waals surface area contributed by atoms with Gasteiger partial charge in [0.25, 0.3) is 0 Å². The number of nitrogens with zero attached hydrogens (tertiary/aromatic N) is 5. The number of rotatable bonds is 4. The highest BCUT2D eigenvalue weighted by molar-refractivity contribution is 5.77. The molecule has 0 radical (unpaired) electrons. The Morgan fingerprint density at radius 2 is 1.83 bits per heavy atom. The Kier molecular flexibility index (Phi) is 4.51. The summed E-state index contributed by atoms with van der Waals surface area (Å²) >= 11 is 0. The van der Waals surface area contributed by atoms with Gasteiger partial charge in [0.15, 0.2) is 5.82 Å². The van der Waals surface area contributed by atoms with Gasteiger partial charge in [0, 0.05) is 51.8 Å². The van der Waals surface area contributed by atoms with Gasteiger partial charge in [-0.05, 0) is 18.8 Å². The maximum Gasteiger partial charge on any atom is 0.222 e. The molecule has 1 amide bonds. The molecule has 0 N–H and O–H groups in total. The number of morpholine rings is 1. The van der Waals surface area contributed by atoms with Crippen LogP contribution in [-0.2, 0) is 9.53 Å². The first kappa shape index (κ1) is 15.6. The van der Waals surface area contributed by atoms with Crippen molar-refractivity contribution in [1.29, 1.82) is 0 Å². The lowest BCUT2D eigenvalue weighted by atomic mass is 10.2. The van der Waals surface area contributed by atoms with Crippen molar-refractivity contribution in [3.05, 3.63) is 12.3 Å². The molecule has 0 spiro atoms. The van der Waals surface area contributed by atoms with Crippen molar-refractivity contribution in [3.63, 3.8) is 0 Å².